The van der Waals surface area contributed by atoms with Gasteiger partial charge in [0.05, 0.1) is 0 Å². The van der Waals surface area contributed by atoms with Gasteiger partial charge in [0.1, 0.15) is 0 Å². The van der Waals surface area contributed by atoms with E-state index in [1.807, 2.05) is 0 Å². The first-order chi connectivity index (χ1) is 8.28. The molecule has 0 saturated carbocycles. The number of hydrogen-bond donors (Lipinski definition) is 0. The molecule has 1 rings (SSSR count). The average Bonchev–Trinajstić information content (AvgIpc) is 2.71. The van der Waals surface area contributed by atoms with Crippen molar-refractivity contribution in [2.75, 3.05) is 6.54 Å². The van der Waals surface area contributed by atoms with Gasteiger partial charge in [-0.3, -0.25) is 0 Å². The van der Waals surface area contributed by atoms with Crippen molar-refractivity contribution in [1.82, 2.24) is 4.90 Å². The number of nitrogens with zero attached hydrogens (tertiary/aromatic N) is 1. The molecule has 1 heterocycles. The Kier molecular flexibility index (Phi) is 6.10. The number of hydrogen-bond acceptors (Lipinski definition) is 1. The molecule has 96 valence electrons. The highest BCUT2D eigenvalue weighted by Gasteiger charge is 2.24. The first-order valence-corrected chi connectivity index (χ1v) is 7.03. The molecule has 0 aromatic heterocycles. The molecule has 0 aliphatic carbocycles. The van der Waals surface area contributed by atoms with Gasteiger partial charge in [-0.1, -0.05) is 38.5 Å². The highest BCUT2D eigenvalue weighted by Crippen LogP contribution is 2.29. The third-order valence-corrected chi connectivity index (χ3v) is 3.49. The molecule has 1 nitrogen and oxygen atoms in total. The number of allylic oxidation sites excluding steroid dienone is 4. The summed E-state index contributed by atoms with van der Waals surface area (Å²) >= 11 is 0. The van der Waals surface area contributed by atoms with Crippen molar-refractivity contribution in [3.63, 3.8) is 0 Å². The van der Waals surface area contributed by atoms with Crippen molar-refractivity contribution >= 4 is 0 Å². The van der Waals surface area contributed by atoms with Gasteiger partial charge >= 0.3 is 0 Å². The summed E-state index contributed by atoms with van der Waals surface area (Å²) in [6.45, 7) is 9.99. The lowest BCUT2D eigenvalue weighted by Crippen LogP contribution is -2.31. The Hall–Kier alpha value is -0.980. The van der Waals surface area contributed by atoms with Crippen LogP contribution in [0.1, 0.15) is 53.4 Å². The van der Waals surface area contributed by atoms with Crippen LogP contribution in [-0.4, -0.2) is 17.5 Å². The quantitative estimate of drug-likeness (QED) is 0.644. The van der Waals surface area contributed by atoms with E-state index in [9.17, 15) is 0 Å². The summed E-state index contributed by atoms with van der Waals surface area (Å²) in [6.07, 6.45) is 13.9. The van der Waals surface area contributed by atoms with Gasteiger partial charge in [0, 0.05) is 18.3 Å². The molecule has 1 atom stereocenters. The average molecular weight is 233 g/mol. The molecule has 0 spiro atoms. The van der Waals surface area contributed by atoms with Crippen LogP contribution in [0.5, 0.6) is 0 Å². The highest BCUT2D eigenvalue weighted by molar-refractivity contribution is 5.36. The predicted octanol–water partition coefficient (Wildman–Crippen LogP) is 4.68. The minimum Gasteiger partial charge on any atom is -0.368 e. The Bertz CT molecular complexity index is 309. The fourth-order valence-corrected chi connectivity index (χ4v) is 2.70. The third-order valence-electron chi connectivity index (χ3n) is 3.49. The second-order valence-corrected chi connectivity index (χ2v) is 4.70. The summed E-state index contributed by atoms with van der Waals surface area (Å²) in [6, 6.07) is 0.717. The minimum absolute atomic E-state index is 0.717. The molecule has 0 saturated heterocycles. The fraction of sp³-hybridized carbons (Fsp3) is 0.625. The van der Waals surface area contributed by atoms with Gasteiger partial charge in [-0.25, -0.2) is 0 Å². The standard InChI is InChI=1S/C16H27N/c1-5-9-14-12-13-17(16(14)11-7-3)15(8-4)10-6-2/h5,7,9,11,15H,6,8,10,12-13H2,1-4H3/b9-5-,11-7-. The molecule has 0 aromatic rings. The van der Waals surface area contributed by atoms with Gasteiger partial charge in [-0.05, 0) is 44.8 Å². The molecule has 17 heavy (non-hydrogen) atoms. The summed E-state index contributed by atoms with van der Waals surface area (Å²) in [5, 5.41) is 0. The molecular weight excluding hydrogens is 206 g/mol. The van der Waals surface area contributed by atoms with Crippen LogP contribution in [0.15, 0.2) is 35.6 Å². The topological polar surface area (TPSA) is 3.24 Å². The predicted molar refractivity (Wildman–Crippen MR) is 77.0 cm³/mol. The summed E-state index contributed by atoms with van der Waals surface area (Å²) in [7, 11) is 0. The maximum Gasteiger partial charge on any atom is 0.0398 e. The van der Waals surface area contributed by atoms with Crippen molar-refractivity contribution in [2.45, 2.75) is 59.4 Å². The Balaban J connectivity index is 2.92. The van der Waals surface area contributed by atoms with Gasteiger partial charge in [0.2, 0.25) is 0 Å². The molecule has 1 heteroatoms. The highest BCUT2D eigenvalue weighted by atomic mass is 15.2. The second kappa shape index (κ2) is 7.37. The van der Waals surface area contributed by atoms with E-state index in [4.69, 9.17) is 0 Å². The monoisotopic (exact) mass is 233 g/mol. The summed E-state index contributed by atoms with van der Waals surface area (Å²) in [4.78, 5) is 2.61. The Morgan fingerprint density at radius 3 is 2.41 bits per heavy atom. The largest absolute Gasteiger partial charge is 0.368 e. The van der Waals surface area contributed by atoms with E-state index in [0.29, 0.717) is 6.04 Å². The van der Waals surface area contributed by atoms with Crippen LogP contribution in [-0.2, 0) is 0 Å². The van der Waals surface area contributed by atoms with Gasteiger partial charge in [0.15, 0.2) is 0 Å². The summed E-state index contributed by atoms with van der Waals surface area (Å²) in [5.74, 6) is 0. The molecule has 0 N–H and O–H groups in total. The second-order valence-electron chi connectivity index (χ2n) is 4.70. The van der Waals surface area contributed by atoms with Crippen LogP contribution < -0.4 is 0 Å². The Morgan fingerprint density at radius 2 is 1.88 bits per heavy atom. The van der Waals surface area contributed by atoms with E-state index in [1.165, 1.54) is 43.5 Å². The molecule has 0 aromatic carbocycles. The molecule has 1 aliphatic heterocycles. The zero-order valence-electron chi connectivity index (χ0n) is 11.9. The molecule has 0 bridgehead atoms. The number of rotatable bonds is 6. The van der Waals surface area contributed by atoms with Gasteiger partial charge in [-0.2, -0.15) is 0 Å². The summed E-state index contributed by atoms with van der Waals surface area (Å²) < 4.78 is 0. The van der Waals surface area contributed by atoms with Crippen molar-refractivity contribution in [3.8, 4) is 0 Å². The van der Waals surface area contributed by atoms with E-state index < -0.39 is 0 Å². The molecule has 1 aliphatic rings. The molecule has 0 amide bonds. The first kappa shape index (κ1) is 14.1. The van der Waals surface area contributed by atoms with Crippen LogP contribution in [0.4, 0.5) is 0 Å². The van der Waals surface area contributed by atoms with Crippen LogP contribution in [0.2, 0.25) is 0 Å². The molecular formula is C16H27N. The van der Waals surface area contributed by atoms with E-state index in [-0.39, 0.29) is 0 Å². The van der Waals surface area contributed by atoms with E-state index in [2.05, 4.69) is 56.9 Å². The fourth-order valence-electron chi connectivity index (χ4n) is 2.70. The van der Waals surface area contributed by atoms with Crippen molar-refractivity contribution in [3.05, 3.63) is 35.6 Å². The van der Waals surface area contributed by atoms with Gasteiger partial charge < -0.3 is 4.90 Å². The first-order valence-electron chi connectivity index (χ1n) is 7.03. The SMILES string of the molecule is C/C=C\C1=C(/C=C\C)N(C(CC)CCC)CC1. The van der Waals surface area contributed by atoms with Crippen LogP contribution in [0.3, 0.4) is 0 Å². The lowest BCUT2D eigenvalue weighted by Gasteiger charge is -2.30. The van der Waals surface area contributed by atoms with E-state index in [1.54, 1.807) is 0 Å². The molecule has 1 unspecified atom stereocenters. The lowest BCUT2D eigenvalue weighted by atomic mass is 10.1. The van der Waals surface area contributed by atoms with Crippen LogP contribution >= 0.6 is 0 Å². The maximum absolute atomic E-state index is 2.61. The van der Waals surface area contributed by atoms with Crippen molar-refractivity contribution < 1.29 is 0 Å². The van der Waals surface area contributed by atoms with Crippen LogP contribution in [0.25, 0.3) is 0 Å². The smallest absolute Gasteiger partial charge is 0.0398 e. The zero-order valence-corrected chi connectivity index (χ0v) is 11.9. The minimum atomic E-state index is 0.717. The van der Waals surface area contributed by atoms with Gasteiger partial charge in [-0.15, -0.1) is 0 Å². The van der Waals surface area contributed by atoms with E-state index in [0.717, 1.165) is 0 Å². The maximum atomic E-state index is 2.61. The van der Waals surface area contributed by atoms with E-state index >= 15 is 0 Å². The zero-order chi connectivity index (χ0) is 12.7. The lowest BCUT2D eigenvalue weighted by molar-refractivity contribution is 0.258. The molecule has 0 radical (unpaired) electrons. The Labute approximate surface area is 107 Å². The normalized spacial score (nSPS) is 18.9. The van der Waals surface area contributed by atoms with Crippen LogP contribution in [0, 0.1) is 0 Å². The van der Waals surface area contributed by atoms with Crippen molar-refractivity contribution in [2.24, 2.45) is 0 Å². The van der Waals surface area contributed by atoms with Gasteiger partial charge in [0.25, 0.3) is 0 Å². The van der Waals surface area contributed by atoms with Crippen molar-refractivity contribution in [1.29, 1.82) is 0 Å². The third kappa shape index (κ3) is 3.49. The Morgan fingerprint density at radius 1 is 1.18 bits per heavy atom. The summed E-state index contributed by atoms with van der Waals surface area (Å²) in [5.41, 5.74) is 2.95. The molecule has 0 fully saturated rings.